The summed E-state index contributed by atoms with van der Waals surface area (Å²) in [4.78, 5) is 24.2. The van der Waals surface area contributed by atoms with E-state index >= 15 is 0 Å². The van der Waals surface area contributed by atoms with Gasteiger partial charge in [0.15, 0.2) is 0 Å². The van der Waals surface area contributed by atoms with E-state index in [1.54, 1.807) is 12.1 Å². The first-order chi connectivity index (χ1) is 12.3. The van der Waals surface area contributed by atoms with Gasteiger partial charge in [-0.05, 0) is 63.3 Å². The Balaban J connectivity index is 1.75. The molecule has 2 atom stereocenters. The second kappa shape index (κ2) is 9.90. The van der Waals surface area contributed by atoms with Crippen LogP contribution < -0.4 is 16.0 Å². The van der Waals surface area contributed by atoms with E-state index < -0.39 is 0 Å². The van der Waals surface area contributed by atoms with Gasteiger partial charge in [-0.15, -0.1) is 0 Å². The molecule has 144 valence electrons. The van der Waals surface area contributed by atoms with Crippen LogP contribution in [-0.2, 0) is 11.2 Å². The largest absolute Gasteiger partial charge is 0.354 e. The summed E-state index contributed by atoms with van der Waals surface area (Å²) in [7, 11) is 0. The summed E-state index contributed by atoms with van der Waals surface area (Å²) in [6.07, 6.45) is 3.74. The van der Waals surface area contributed by atoms with Crippen LogP contribution >= 0.6 is 15.9 Å². The molecule has 2 rings (SSSR count). The molecule has 1 saturated carbocycles. The van der Waals surface area contributed by atoms with Crippen molar-refractivity contribution in [3.63, 3.8) is 0 Å². The summed E-state index contributed by atoms with van der Waals surface area (Å²) in [5.74, 6) is -0.258. The predicted octanol–water partition coefficient (Wildman–Crippen LogP) is 3.51. The monoisotopic (exact) mass is 427 g/mol. The van der Waals surface area contributed by atoms with E-state index in [-0.39, 0.29) is 35.8 Å². The van der Waals surface area contributed by atoms with E-state index in [2.05, 4.69) is 31.9 Å². The van der Waals surface area contributed by atoms with Crippen LogP contribution in [0.4, 0.5) is 9.18 Å². The lowest BCUT2D eigenvalue weighted by Gasteiger charge is -2.29. The summed E-state index contributed by atoms with van der Waals surface area (Å²) in [5.41, 5.74) is 0.558. The molecule has 0 spiro atoms. The molecule has 1 fully saturated rings. The molecule has 1 aliphatic carbocycles. The minimum absolute atomic E-state index is 0.00531. The molecule has 0 aromatic heterocycles. The third-order valence-electron chi connectivity index (χ3n) is 4.50. The molecule has 1 aromatic carbocycles. The quantitative estimate of drug-likeness (QED) is 0.649. The zero-order valence-electron chi connectivity index (χ0n) is 15.3. The zero-order chi connectivity index (χ0) is 19.1. The molecular formula is C19H27BrFN3O2. The van der Waals surface area contributed by atoms with Crippen molar-refractivity contribution in [3.8, 4) is 0 Å². The Hall–Kier alpha value is -1.63. The molecule has 3 N–H and O–H groups in total. The Morgan fingerprint density at radius 2 is 2.08 bits per heavy atom. The minimum Gasteiger partial charge on any atom is -0.354 e. The summed E-state index contributed by atoms with van der Waals surface area (Å²) >= 11 is 3.32. The first-order valence-corrected chi connectivity index (χ1v) is 9.93. The van der Waals surface area contributed by atoms with E-state index in [0.29, 0.717) is 24.9 Å². The van der Waals surface area contributed by atoms with Gasteiger partial charge in [0.25, 0.3) is 0 Å². The Morgan fingerprint density at radius 3 is 2.81 bits per heavy atom. The Labute approximate surface area is 162 Å². The van der Waals surface area contributed by atoms with Crippen LogP contribution in [0.3, 0.4) is 0 Å². The fourth-order valence-electron chi connectivity index (χ4n) is 3.24. The van der Waals surface area contributed by atoms with Gasteiger partial charge in [-0.1, -0.05) is 22.4 Å². The average Bonchev–Trinajstić information content (AvgIpc) is 2.57. The zero-order valence-corrected chi connectivity index (χ0v) is 16.9. The van der Waals surface area contributed by atoms with Crippen LogP contribution in [0.2, 0.25) is 0 Å². The number of urea groups is 1. The Bertz CT molecular complexity index is 639. The molecule has 2 unspecified atom stereocenters. The number of nitrogens with one attached hydrogen (secondary N) is 3. The number of hydrogen-bond donors (Lipinski definition) is 3. The lowest BCUT2D eigenvalue weighted by molar-refractivity contribution is -0.126. The standard InChI is InChI=1S/C19H27BrFN3O2/c1-12(2)23-18(25)14-4-3-5-16(11-14)24-19(26)22-9-8-13-10-15(20)6-7-17(13)21/h6-7,10,12,14,16H,3-5,8-9,11H2,1-2H3,(H,23,25)(H2,22,24,26). The van der Waals surface area contributed by atoms with Crippen molar-refractivity contribution in [2.75, 3.05) is 6.54 Å². The normalized spacial score (nSPS) is 19.9. The van der Waals surface area contributed by atoms with Crippen molar-refractivity contribution in [3.05, 3.63) is 34.1 Å². The van der Waals surface area contributed by atoms with Gasteiger partial charge in [-0.25, -0.2) is 9.18 Å². The number of hydrogen-bond acceptors (Lipinski definition) is 2. The molecule has 1 aliphatic rings. The van der Waals surface area contributed by atoms with E-state index in [1.165, 1.54) is 6.07 Å². The van der Waals surface area contributed by atoms with Gasteiger partial charge in [0.1, 0.15) is 5.82 Å². The maximum absolute atomic E-state index is 13.7. The molecule has 26 heavy (non-hydrogen) atoms. The van der Waals surface area contributed by atoms with Gasteiger partial charge in [0.05, 0.1) is 0 Å². The van der Waals surface area contributed by atoms with Crippen molar-refractivity contribution in [2.45, 2.75) is 58.0 Å². The van der Waals surface area contributed by atoms with Crippen molar-refractivity contribution in [1.29, 1.82) is 0 Å². The van der Waals surface area contributed by atoms with Gasteiger partial charge < -0.3 is 16.0 Å². The van der Waals surface area contributed by atoms with Gasteiger partial charge in [0.2, 0.25) is 5.91 Å². The highest BCUT2D eigenvalue weighted by molar-refractivity contribution is 9.10. The number of amides is 3. The van der Waals surface area contributed by atoms with E-state index in [4.69, 9.17) is 0 Å². The maximum atomic E-state index is 13.7. The summed E-state index contributed by atoms with van der Waals surface area (Å²) in [6.45, 7) is 4.24. The second-order valence-corrected chi connectivity index (χ2v) is 8.03. The van der Waals surface area contributed by atoms with Crippen LogP contribution in [0.1, 0.15) is 45.1 Å². The predicted molar refractivity (Wildman–Crippen MR) is 103 cm³/mol. The van der Waals surface area contributed by atoms with Crippen molar-refractivity contribution in [1.82, 2.24) is 16.0 Å². The third-order valence-corrected chi connectivity index (χ3v) is 4.99. The smallest absolute Gasteiger partial charge is 0.315 e. The molecule has 0 radical (unpaired) electrons. The third kappa shape index (κ3) is 6.59. The van der Waals surface area contributed by atoms with E-state index in [9.17, 15) is 14.0 Å². The van der Waals surface area contributed by atoms with E-state index in [1.807, 2.05) is 13.8 Å². The average molecular weight is 428 g/mol. The van der Waals surface area contributed by atoms with Gasteiger partial charge in [-0.2, -0.15) is 0 Å². The van der Waals surface area contributed by atoms with Crippen LogP contribution in [0.25, 0.3) is 0 Å². The van der Waals surface area contributed by atoms with Gasteiger partial charge >= 0.3 is 6.03 Å². The van der Waals surface area contributed by atoms with Crippen LogP contribution in [0, 0.1) is 11.7 Å². The maximum Gasteiger partial charge on any atom is 0.315 e. The topological polar surface area (TPSA) is 70.2 Å². The van der Waals surface area contributed by atoms with Gasteiger partial charge in [-0.3, -0.25) is 4.79 Å². The molecule has 1 aromatic rings. The molecule has 0 saturated heterocycles. The molecule has 5 nitrogen and oxygen atoms in total. The SMILES string of the molecule is CC(C)NC(=O)C1CCCC(NC(=O)NCCc2cc(Br)ccc2F)C1. The number of benzene rings is 1. The Morgan fingerprint density at radius 1 is 1.31 bits per heavy atom. The first-order valence-electron chi connectivity index (χ1n) is 9.14. The lowest BCUT2D eigenvalue weighted by atomic mass is 9.85. The molecule has 3 amide bonds. The molecule has 0 aliphatic heterocycles. The van der Waals surface area contributed by atoms with Crippen molar-refractivity contribution in [2.24, 2.45) is 5.92 Å². The summed E-state index contributed by atoms with van der Waals surface area (Å²) in [5, 5.41) is 8.65. The second-order valence-electron chi connectivity index (χ2n) is 7.11. The minimum atomic E-state index is -0.276. The number of carbonyl (C=O) groups is 2. The number of carbonyl (C=O) groups excluding carboxylic acids is 2. The molecular weight excluding hydrogens is 401 g/mol. The fraction of sp³-hybridized carbons (Fsp3) is 0.579. The fourth-order valence-corrected chi connectivity index (χ4v) is 3.65. The number of rotatable bonds is 6. The molecule has 0 bridgehead atoms. The van der Waals surface area contributed by atoms with E-state index in [0.717, 1.165) is 23.7 Å². The van der Waals surface area contributed by atoms with Crippen LogP contribution in [-0.4, -0.2) is 30.6 Å². The highest BCUT2D eigenvalue weighted by Crippen LogP contribution is 2.24. The number of halogens is 2. The summed E-state index contributed by atoms with van der Waals surface area (Å²) in [6, 6.07) is 4.62. The van der Waals surface area contributed by atoms with Crippen LogP contribution in [0.15, 0.2) is 22.7 Å². The van der Waals surface area contributed by atoms with Crippen molar-refractivity contribution >= 4 is 27.9 Å². The van der Waals surface area contributed by atoms with Crippen LogP contribution in [0.5, 0.6) is 0 Å². The lowest BCUT2D eigenvalue weighted by Crippen LogP contribution is -2.47. The van der Waals surface area contributed by atoms with Crippen molar-refractivity contribution < 1.29 is 14.0 Å². The summed E-state index contributed by atoms with van der Waals surface area (Å²) < 4.78 is 14.5. The molecule has 0 heterocycles. The highest BCUT2D eigenvalue weighted by atomic mass is 79.9. The molecule has 7 heteroatoms. The van der Waals surface area contributed by atoms with Gasteiger partial charge in [0, 0.05) is 29.0 Å². The Kier molecular flexibility index (Phi) is 7.87. The first kappa shape index (κ1) is 20.7. The highest BCUT2D eigenvalue weighted by Gasteiger charge is 2.28.